The van der Waals surface area contributed by atoms with E-state index in [0.717, 1.165) is 11.3 Å². The molecule has 1 aromatic rings. The predicted molar refractivity (Wildman–Crippen MR) is 69.2 cm³/mol. The van der Waals surface area contributed by atoms with Gasteiger partial charge in [0.1, 0.15) is 0 Å². The third kappa shape index (κ3) is 2.84. The quantitative estimate of drug-likeness (QED) is 0.725. The highest BCUT2D eigenvalue weighted by molar-refractivity contribution is 5.96. The number of carbonyl (C=O) groups excluding carboxylic acids is 1. The Hall–Kier alpha value is -1.31. The van der Waals surface area contributed by atoms with Crippen LogP contribution in [0.1, 0.15) is 44.5 Å². The molecule has 0 fully saturated rings. The van der Waals surface area contributed by atoms with Crippen LogP contribution in [0.25, 0.3) is 0 Å². The van der Waals surface area contributed by atoms with Crippen molar-refractivity contribution in [3.05, 3.63) is 29.8 Å². The number of nitrogens with zero attached hydrogens (tertiary/aromatic N) is 1. The number of benzene rings is 1. The fourth-order valence-electron chi connectivity index (χ4n) is 1.48. The maximum Gasteiger partial charge on any atom is 0.162 e. The van der Waals surface area contributed by atoms with Crippen LogP contribution in [-0.2, 0) is 0 Å². The number of hydrogen-bond acceptors (Lipinski definition) is 2. The summed E-state index contributed by atoms with van der Waals surface area (Å²) < 4.78 is 0. The monoisotopic (exact) mass is 219 g/mol. The van der Waals surface area contributed by atoms with E-state index in [9.17, 15) is 4.79 Å². The minimum Gasteiger partial charge on any atom is -0.370 e. The number of carbonyl (C=O) groups is 1. The molecule has 0 amide bonds. The highest BCUT2D eigenvalue weighted by Gasteiger charge is 2.17. The molecule has 0 aliphatic heterocycles. The Morgan fingerprint density at radius 2 is 1.94 bits per heavy atom. The first-order valence-corrected chi connectivity index (χ1v) is 5.73. The Labute approximate surface area is 98.3 Å². The average molecular weight is 219 g/mol. The molecule has 0 N–H and O–H groups in total. The van der Waals surface area contributed by atoms with E-state index in [0.29, 0.717) is 6.42 Å². The zero-order valence-corrected chi connectivity index (χ0v) is 10.9. The van der Waals surface area contributed by atoms with E-state index in [1.165, 1.54) is 0 Å². The largest absolute Gasteiger partial charge is 0.370 e. The van der Waals surface area contributed by atoms with Gasteiger partial charge in [-0.1, -0.05) is 19.1 Å². The van der Waals surface area contributed by atoms with Crippen LogP contribution < -0.4 is 4.90 Å². The lowest BCUT2D eigenvalue weighted by Gasteiger charge is -2.34. The van der Waals surface area contributed by atoms with Gasteiger partial charge in [0.2, 0.25) is 0 Å². The lowest BCUT2D eigenvalue weighted by atomic mass is 10.0. The van der Waals surface area contributed by atoms with Gasteiger partial charge in [0.05, 0.1) is 0 Å². The summed E-state index contributed by atoms with van der Waals surface area (Å²) >= 11 is 0. The normalized spacial score (nSPS) is 11.3. The topological polar surface area (TPSA) is 20.3 Å². The van der Waals surface area contributed by atoms with Gasteiger partial charge in [-0.05, 0) is 32.9 Å². The molecule has 0 radical (unpaired) electrons. The van der Waals surface area contributed by atoms with Crippen molar-refractivity contribution in [2.24, 2.45) is 0 Å². The molecule has 88 valence electrons. The van der Waals surface area contributed by atoms with Crippen LogP contribution in [0.2, 0.25) is 0 Å². The van der Waals surface area contributed by atoms with Crippen molar-refractivity contribution in [3.63, 3.8) is 0 Å². The van der Waals surface area contributed by atoms with Crippen molar-refractivity contribution in [3.8, 4) is 0 Å². The van der Waals surface area contributed by atoms with E-state index in [1.807, 2.05) is 31.2 Å². The van der Waals surface area contributed by atoms with Crippen LogP contribution in [0.15, 0.2) is 24.3 Å². The highest BCUT2D eigenvalue weighted by atomic mass is 16.1. The number of ketones is 1. The van der Waals surface area contributed by atoms with Crippen LogP contribution in [-0.4, -0.2) is 18.4 Å². The fraction of sp³-hybridized carbons (Fsp3) is 0.500. The van der Waals surface area contributed by atoms with Crippen LogP contribution in [0.4, 0.5) is 5.69 Å². The fourth-order valence-corrected chi connectivity index (χ4v) is 1.48. The second kappa shape index (κ2) is 4.69. The molecule has 1 rings (SSSR count). The minimum atomic E-state index is 0.0634. The number of rotatable bonds is 3. The van der Waals surface area contributed by atoms with E-state index in [4.69, 9.17) is 0 Å². The zero-order chi connectivity index (χ0) is 12.3. The van der Waals surface area contributed by atoms with Gasteiger partial charge in [-0.2, -0.15) is 0 Å². The Morgan fingerprint density at radius 3 is 2.44 bits per heavy atom. The first-order chi connectivity index (χ1) is 7.36. The van der Waals surface area contributed by atoms with Crippen molar-refractivity contribution in [2.45, 2.75) is 39.7 Å². The van der Waals surface area contributed by atoms with E-state index in [1.54, 1.807) is 0 Å². The smallest absolute Gasteiger partial charge is 0.162 e. The predicted octanol–water partition coefficient (Wildman–Crippen LogP) is 3.51. The van der Waals surface area contributed by atoms with Crippen molar-refractivity contribution in [1.29, 1.82) is 0 Å². The summed E-state index contributed by atoms with van der Waals surface area (Å²) in [6.45, 7) is 8.35. The van der Waals surface area contributed by atoms with Crippen molar-refractivity contribution < 1.29 is 4.79 Å². The molecule has 0 spiro atoms. The van der Waals surface area contributed by atoms with Crippen LogP contribution in [0, 0.1) is 0 Å². The van der Waals surface area contributed by atoms with Crippen LogP contribution in [0.5, 0.6) is 0 Å². The van der Waals surface area contributed by atoms with Crippen LogP contribution >= 0.6 is 0 Å². The Kier molecular flexibility index (Phi) is 3.74. The van der Waals surface area contributed by atoms with Crippen molar-refractivity contribution >= 4 is 11.5 Å². The Bertz CT molecular complexity index is 377. The molecule has 16 heavy (non-hydrogen) atoms. The lowest BCUT2D eigenvalue weighted by molar-refractivity contribution is 0.0988. The van der Waals surface area contributed by atoms with E-state index in [2.05, 4.69) is 32.7 Å². The van der Waals surface area contributed by atoms with Gasteiger partial charge in [-0.25, -0.2) is 0 Å². The van der Waals surface area contributed by atoms with Gasteiger partial charge in [0.15, 0.2) is 5.78 Å². The van der Waals surface area contributed by atoms with Gasteiger partial charge >= 0.3 is 0 Å². The van der Waals surface area contributed by atoms with E-state index < -0.39 is 0 Å². The average Bonchev–Trinajstić information content (AvgIpc) is 2.26. The lowest BCUT2D eigenvalue weighted by Crippen LogP contribution is -2.38. The van der Waals surface area contributed by atoms with E-state index in [-0.39, 0.29) is 11.3 Å². The summed E-state index contributed by atoms with van der Waals surface area (Å²) in [5.41, 5.74) is 1.95. The molecule has 1 aromatic carbocycles. The second-order valence-corrected chi connectivity index (χ2v) is 5.06. The summed E-state index contributed by atoms with van der Waals surface area (Å²) in [5.74, 6) is 0.198. The molecule has 0 atom stereocenters. The van der Waals surface area contributed by atoms with Gasteiger partial charge in [0.25, 0.3) is 0 Å². The third-order valence-corrected chi connectivity index (χ3v) is 2.88. The molecular weight excluding hydrogens is 198 g/mol. The van der Waals surface area contributed by atoms with Crippen molar-refractivity contribution in [1.82, 2.24) is 0 Å². The van der Waals surface area contributed by atoms with Gasteiger partial charge in [-0.15, -0.1) is 0 Å². The Balaban J connectivity index is 3.03. The molecular formula is C14H21NO. The molecule has 2 nitrogen and oxygen atoms in total. The minimum absolute atomic E-state index is 0.0634. The summed E-state index contributed by atoms with van der Waals surface area (Å²) in [6, 6.07) is 7.83. The first-order valence-electron chi connectivity index (χ1n) is 5.73. The highest BCUT2D eigenvalue weighted by Crippen LogP contribution is 2.23. The summed E-state index contributed by atoms with van der Waals surface area (Å²) in [6.07, 6.45) is 0.558. The standard InChI is InChI=1S/C14H21NO/c1-6-13(16)11-8-7-9-12(10-11)15(5)14(2,3)4/h7-10H,6H2,1-5H3. The molecule has 0 heterocycles. The molecule has 0 saturated heterocycles. The van der Waals surface area contributed by atoms with Crippen molar-refractivity contribution in [2.75, 3.05) is 11.9 Å². The second-order valence-electron chi connectivity index (χ2n) is 5.06. The number of anilines is 1. The van der Waals surface area contributed by atoms with Gasteiger partial charge < -0.3 is 4.90 Å². The SMILES string of the molecule is CCC(=O)c1cccc(N(C)C(C)(C)C)c1. The molecule has 2 heteroatoms. The maximum atomic E-state index is 11.6. The zero-order valence-electron chi connectivity index (χ0n) is 10.9. The third-order valence-electron chi connectivity index (χ3n) is 2.88. The number of hydrogen-bond donors (Lipinski definition) is 0. The molecule has 0 bridgehead atoms. The molecule has 0 unspecified atom stereocenters. The Morgan fingerprint density at radius 1 is 1.31 bits per heavy atom. The summed E-state index contributed by atoms with van der Waals surface area (Å²) in [7, 11) is 2.05. The first kappa shape index (κ1) is 12.8. The number of Topliss-reactive ketones (excluding diaryl/α,β-unsaturated/α-hetero) is 1. The van der Waals surface area contributed by atoms with E-state index >= 15 is 0 Å². The molecule has 0 aromatic heterocycles. The summed E-state index contributed by atoms with van der Waals surface area (Å²) in [5, 5.41) is 0. The van der Waals surface area contributed by atoms with Gasteiger partial charge in [0, 0.05) is 30.3 Å². The molecule has 0 aliphatic carbocycles. The molecule has 0 aliphatic rings. The maximum absolute atomic E-state index is 11.6. The summed E-state index contributed by atoms with van der Waals surface area (Å²) in [4.78, 5) is 13.8. The van der Waals surface area contributed by atoms with Gasteiger partial charge in [-0.3, -0.25) is 4.79 Å². The van der Waals surface area contributed by atoms with Crippen LogP contribution in [0.3, 0.4) is 0 Å². The molecule has 0 saturated carbocycles.